The van der Waals surface area contributed by atoms with E-state index >= 15 is 0 Å². The zero-order valence-electron chi connectivity index (χ0n) is 24.3. The lowest BCUT2D eigenvalue weighted by molar-refractivity contribution is -0.124. The molecule has 2 atom stereocenters. The van der Waals surface area contributed by atoms with Crippen LogP contribution in [0.4, 0.5) is 16.2 Å². The highest BCUT2D eigenvalue weighted by atomic mass is 35.5. The molecule has 3 aromatic rings. The fourth-order valence-corrected chi connectivity index (χ4v) is 5.56. The summed E-state index contributed by atoms with van der Waals surface area (Å²) in [4.78, 5) is 44.8. The third-order valence-corrected chi connectivity index (χ3v) is 7.87. The molecule has 10 heteroatoms. The van der Waals surface area contributed by atoms with Crippen LogP contribution in [-0.4, -0.2) is 54.6 Å². The topological polar surface area (TPSA) is 94.0 Å². The Morgan fingerprint density at radius 1 is 1.02 bits per heavy atom. The van der Waals surface area contributed by atoms with Gasteiger partial charge in [-0.15, -0.1) is 0 Å². The molecule has 0 N–H and O–H groups in total. The molecule has 1 heterocycles. The molecule has 1 saturated heterocycles. The van der Waals surface area contributed by atoms with Crippen LogP contribution in [0.3, 0.4) is 0 Å². The number of nitriles is 1. The molecule has 0 saturated carbocycles. The molecule has 4 rings (SSSR count). The Kier molecular flexibility index (Phi) is 8.58. The first-order chi connectivity index (χ1) is 19.6. The molecule has 0 spiro atoms. The summed E-state index contributed by atoms with van der Waals surface area (Å²) in [6.45, 7) is 7.49. The molecule has 0 aromatic heterocycles. The van der Waals surface area contributed by atoms with E-state index in [9.17, 15) is 19.6 Å². The summed E-state index contributed by atoms with van der Waals surface area (Å²) in [7, 11) is 3.47. The molecular formula is C32H32Cl2N4O4. The van der Waals surface area contributed by atoms with E-state index < -0.39 is 35.0 Å². The fourth-order valence-electron chi connectivity index (χ4n) is 5.05. The fraction of sp³-hybridized carbons (Fsp3) is 0.312. The van der Waals surface area contributed by atoms with Gasteiger partial charge in [-0.3, -0.25) is 4.79 Å². The Hall–Kier alpha value is -4.06. The Bertz CT molecular complexity index is 1540. The second-order valence-electron chi connectivity index (χ2n) is 11.5. The van der Waals surface area contributed by atoms with Gasteiger partial charge in [-0.2, -0.15) is 5.26 Å². The van der Waals surface area contributed by atoms with Crippen molar-refractivity contribution in [1.29, 1.82) is 5.26 Å². The van der Waals surface area contributed by atoms with Gasteiger partial charge < -0.3 is 14.5 Å². The number of esters is 1. The third-order valence-electron chi connectivity index (χ3n) is 7.44. The maximum Gasteiger partial charge on any atom is 0.338 e. The van der Waals surface area contributed by atoms with Crippen molar-refractivity contribution >= 4 is 52.5 Å². The molecule has 8 nitrogen and oxygen atoms in total. The Balaban J connectivity index is 1.71. The molecule has 1 aliphatic heterocycles. The van der Waals surface area contributed by atoms with Crippen LogP contribution in [0, 0.1) is 11.3 Å². The first-order valence-corrected chi connectivity index (χ1v) is 14.0. The first kappa shape index (κ1) is 30.9. The summed E-state index contributed by atoms with van der Waals surface area (Å²) in [5.41, 5.74) is 0.816. The summed E-state index contributed by atoms with van der Waals surface area (Å²) in [6.07, 6.45) is 0. The lowest BCUT2D eigenvalue weighted by Gasteiger charge is -2.39. The van der Waals surface area contributed by atoms with Gasteiger partial charge in [-0.25, -0.2) is 14.5 Å². The van der Waals surface area contributed by atoms with Crippen LogP contribution < -0.4 is 9.80 Å². The largest absolute Gasteiger partial charge is 0.456 e. The molecule has 1 aliphatic rings. The number of benzene rings is 3. The number of anilines is 2. The molecule has 0 bridgehead atoms. The molecule has 0 unspecified atom stereocenters. The lowest BCUT2D eigenvalue weighted by atomic mass is 9.78. The van der Waals surface area contributed by atoms with Gasteiger partial charge in [0.2, 0.25) is 0 Å². The van der Waals surface area contributed by atoms with Gasteiger partial charge in [0.15, 0.2) is 0 Å². The van der Waals surface area contributed by atoms with E-state index in [4.69, 9.17) is 27.9 Å². The van der Waals surface area contributed by atoms with Crippen molar-refractivity contribution in [3.05, 3.63) is 93.5 Å². The third kappa shape index (κ3) is 6.08. The zero-order valence-corrected chi connectivity index (χ0v) is 25.8. The minimum atomic E-state index is -1.31. The molecule has 0 aliphatic carbocycles. The van der Waals surface area contributed by atoms with Crippen molar-refractivity contribution in [2.24, 2.45) is 0 Å². The molecule has 42 heavy (non-hydrogen) atoms. The van der Waals surface area contributed by atoms with E-state index in [-0.39, 0.29) is 5.69 Å². The van der Waals surface area contributed by atoms with Crippen molar-refractivity contribution in [2.75, 3.05) is 30.4 Å². The molecular weight excluding hydrogens is 575 g/mol. The number of ether oxygens (including phenoxy) is 1. The monoisotopic (exact) mass is 606 g/mol. The maximum atomic E-state index is 14.2. The average Bonchev–Trinajstić information content (AvgIpc) is 3.10. The van der Waals surface area contributed by atoms with Crippen LogP contribution in [0.15, 0.2) is 66.7 Å². The van der Waals surface area contributed by atoms with Crippen LogP contribution in [-0.2, 0) is 9.53 Å². The number of carbonyl (C=O) groups excluding carboxylic acids is 3. The summed E-state index contributed by atoms with van der Waals surface area (Å²) >= 11 is 12.4. The highest BCUT2D eigenvalue weighted by Crippen LogP contribution is 2.42. The van der Waals surface area contributed by atoms with Gasteiger partial charge in [0.05, 0.1) is 22.9 Å². The van der Waals surface area contributed by atoms with Gasteiger partial charge >= 0.3 is 12.0 Å². The summed E-state index contributed by atoms with van der Waals surface area (Å²) in [5, 5.41) is 9.94. The first-order valence-electron chi connectivity index (χ1n) is 13.3. The van der Waals surface area contributed by atoms with E-state index in [1.165, 1.54) is 23.1 Å². The van der Waals surface area contributed by atoms with Crippen LogP contribution in [0.1, 0.15) is 55.1 Å². The van der Waals surface area contributed by atoms with Gasteiger partial charge in [-0.05, 0) is 87.9 Å². The number of nitrogens with zero attached hydrogens (tertiary/aromatic N) is 4. The van der Waals surface area contributed by atoms with Crippen LogP contribution in [0.5, 0.6) is 0 Å². The molecule has 3 amide bonds. The second-order valence-corrected chi connectivity index (χ2v) is 12.3. The highest BCUT2D eigenvalue weighted by Gasteiger charge is 2.57. The number of amides is 3. The lowest BCUT2D eigenvalue weighted by Crippen LogP contribution is -2.53. The summed E-state index contributed by atoms with van der Waals surface area (Å²) < 4.78 is 5.47. The molecule has 3 aromatic carbocycles. The Morgan fingerprint density at radius 2 is 1.60 bits per heavy atom. The minimum absolute atomic E-state index is 0.280. The number of hydrogen-bond donors (Lipinski definition) is 0. The smallest absolute Gasteiger partial charge is 0.338 e. The van der Waals surface area contributed by atoms with Gasteiger partial charge in [0.1, 0.15) is 11.1 Å². The van der Waals surface area contributed by atoms with Crippen molar-refractivity contribution in [3.63, 3.8) is 0 Å². The van der Waals surface area contributed by atoms with Crippen LogP contribution >= 0.6 is 23.2 Å². The molecule has 218 valence electrons. The second kappa shape index (κ2) is 11.7. The van der Waals surface area contributed by atoms with Crippen molar-refractivity contribution < 1.29 is 19.1 Å². The standard InChI is InChI=1S/C32H32Cl2N4O4/c1-31(2,3)42-28(39)22-11-13-25(14-12-22)36(5)19-27(21-9-7-20(18-35)8-10-21)32(4)29(40)38(30(41)37(32)6)26-16-23(33)15-24(34)17-26/h7-17,27H,19H2,1-6H3/t27-,32+/m0/s1. The normalized spacial score (nSPS) is 17.7. The van der Waals surface area contributed by atoms with Crippen molar-refractivity contribution in [1.82, 2.24) is 4.90 Å². The summed E-state index contributed by atoms with van der Waals surface area (Å²) in [5.74, 6) is -1.38. The Labute approximate surface area is 256 Å². The SMILES string of the molecule is CN(C[C@@H](c1ccc(C#N)cc1)[C@]1(C)C(=O)N(c2cc(Cl)cc(Cl)c2)C(=O)N1C)c1ccc(C(=O)OC(C)(C)C)cc1. The van der Waals surface area contributed by atoms with Gasteiger partial charge in [-0.1, -0.05) is 35.3 Å². The zero-order chi connectivity index (χ0) is 31.0. The predicted octanol–water partition coefficient (Wildman–Crippen LogP) is 6.90. The molecule has 1 fully saturated rings. The van der Waals surface area contributed by atoms with E-state index in [2.05, 4.69) is 6.07 Å². The maximum absolute atomic E-state index is 14.2. The Morgan fingerprint density at radius 3 is 2.12 bits per heavy atom. The number of halogens is 2. The predicted molar refractivity (Wildman–Crippen MR) is 164 cm³/mol. The minimum Gasteiger partial charge on any atom is -0.456 e. The van der Waals surface area contributed by atoms with E-state index in [1.54, 1.807) is 50.4 Å². The summed E-state index contributed by atoms with van der Waals surface area (Å²) in [6, 6.07) is 20.2. The van der Waals surface area contributed by atoms with Crippen molar-refractivity contribution in [3.8, 4) is 6.07 Å². The quantitative estimate of drug-likeness (QED) is 0.214. The average molecular weight is 608 g/mol. The van der Waals surface area contributed by atoms with E-state index in [1.807, 2.05) is 44.9 Å². The van der Waals surface area contributed by atoms with E-state index in [0.29, 0.717) is 27.7 Å². The van der Waals surface area contributed by atoms with Gasteiger partial charge in [0.25, 0.3) is 5.91 Å². The highest BCUT2D eigenvalue weighted by molar-refractivity contribution is 6.35. The number of likely N-dealkylation sites (N-methyl/N-ethyl adjacent to an activating group) is 2. The number of urea groups is 1. The van der Waals surface area contributed by atoms with Gasteiger partial charge in [0, 0.05) is 42.3 Å². The number of rotatable bonds is 7. The number of imide groups is 1. The van der Waals surface area contributed by atoms with Crippen LogP contribution in [0.2, 0.25) is 10.0 Å². The van der Waals surface area contributed by atoms with E-state index in [0.717, 1.165) is 16.2 Å². The number of hydrogen-bond acceptors (Lipinski definition) is 6. The van der Waals surface area contributed by atoms with Crippen molar-refractivity contribution in [2.45, 2.75) is 44.8 Å². The van der Waals surface area contributed by atoms with Crippen LogP contribution in [0.25, 0.3) is 0 Å². The number of carbonyl (C=O) groups is 3. The molecule has 0 radical (unpaired) electrons.